The number of amides is 1. The van der Waals surface area contributed by atoms with Gasteiger partial charge in [0.2, 0.25) is 11.7 Å². The lowest BCUT2D eigenvalue weighted by atomic mass is 9.95. The molecule has 8 nitrogen and oxygen atoms in total. The Morgan fingerprint density at radius 2 is 2.43 bits per heavy atom. The molecule has 1 aliphatic heterocycles. The standard InChI is InChI=1S/C13H17N5O3/c1-13(20)5-3-6-17(9-13)11(19)8-18-15-12(14-16-18)10-4-2-7-21-10/h2,4,7,20H,3,5-6,8-9H2,1H3. The van der Waals surface area contributed by atoms with Gasteiger partial charge in [0, 0.05) is 13.1 Å². The van der Waals surface area contributed by atoms with Crippen molar-refractivity contribution in [1.29, 1.82) is 0 Å². The van der Waals surface area contributed by atoms with E-state index in [2.05, 4.69) is 15.4 Å². The van der Waals surface area contributed by atoms with Crippen LogP contribution in [0.1, 0.15) is 19.8 Å². The van der Waals surface area contributed by atoms with Crippen molar-refractivity contribution < 1.29 is 14.3 Å². The number of rotatable bonds is 3. The number of aliphatic hydroxyl groups is 1. The Balaban J connectivity index is 1.65. The average Bonchev–Trinajstić information content (AvgIpc) is 3.07. The Kier molecular flexibility index (Phi) is 3.46. The minimum Gasteiger partial charge on any atom is -0.461 e. The second-order valence-corrected chi connectivity index (χ2v) is 5.54. The number of tetrazole rings is 1. The summed E-state index contributed by atoms with van der Waals surface area (Å²) < 4.78 is 5.17. The molecule has 0 saturated carbocycles. The van der Waals surface area contributed by atoms with E-state index in [1.165, 1.54) is 11.1 Å². The Bertz CT molecular complexity index is 620. The first-order valence-electron chi connectivity index (χ1n) is 6.85. The molecule has 2 aromatic heterocycles. The zero-order valence-corrected chi connectivity index (χ0v) is 11.8. The summed E-state index contributed by atoms with van der Waals surface area (Å²) in [6.45, 7) is 2.74. The van der Waals surface area contributed by atoms with Gasteiger partial charge in [-0.1, -0.05) is 0 Å². The summed E-state index contributed by atoms with van der Waals surface area (Å²) in [5, 5.41) is 21.8. The second-order valence-electron chi connectivity index (χ2n) is 5.54. The molecule has 1 atom stereocenters. The van der Waals surface area contributed by atoms with E-state index >= 15 is 0 Å². The number of hydrogen-bond acceptors (Lipinski definition) is 6. The maximum Gasteiger partial charge on any atom is 0.246 e. The van der Waals surface area contributed by atoms with Gasteiger partial charge in [-0.3, -0.25) is 4.79 Å². The normalized spacial score (nSPS) is 22.5. The molecule has 0 spiro atoms. The lowest BCUT2D eigenvalue weighted by Gasteiger charge is -2.36. The molecule has 112 valence electrons. The molecule has 3 heterocycles. The van der Waals surface area contributed by atoms with Crippen LogP contribution in [0, 0.1) is 0 Å². The predicted octanol–water partition coefficient (Wildman–Crippen LogP) is 0.306. The summed E-state index contributed by atoms with van der Waals surface area (Å²) >= 11 is 0. The van der Waals surface area contributed by atoms with Crippen LogP contribution < -0.4 is 0 Å². The molecule has 0 radical (unpaired) electrons. The minimum atomic E-state index is -0.816. The van der Waals surface area contributed by atoms with Gasteiger partial charge in [0.1, 0.15) is 6.54 Å². The van der Waals surface area contributed by atoms with Crippen LogP contribution >= 0.6 is 0 Å². The topological polar surface area (TPSA) is 97.3 Å². The highest BCUT2D eigenvalue weighted by atomic mass is 16.3. The quantitative estimate of drug-likeness (QED) is 0.874. The van der Waals surface area contributed by atoms with E-state index < -0.39 is 5.60 Å². The molecule has 21 heavy (non-hydrogen) atoms. The average molecular weight is 291 g/mol. The van der Waals surface area contributed by atoms with Crippen LogP contribution in [0.4, 0.5) is 0 Å². The molecule has 1 saturated heterocycles. The van der Waals surface area contributed by atoms with E-state index in [1.807, 2.05) is 0 Å². The number of nitrogens with zero attached hydrogens (tertiary/aromatic N) is 5. The molecule has 3 rings (SSSR count). The SMILES string of the molecule is CC1(O)CCCN(C(=O)Cn2nnc(-c3ccco3)n2)C1. The number of furan rings is 1. The summed E-state index contributed by atoms with van der Waals surface area (Å²) in [7, 11) is 0. The highest BCUT2D eigenvalue weighted by Crippen LogP contribution is 2.20. The van der Waals surface area contributed by atoms with Gasteiger partial charge in [-0.25, -0.2) is 0 Å². The van der Waals surface area contributed by atoms with Crippen molar-refractivity contribution in [2.24, 2.45) is 0 Å². The van der Waals surface area contributed by atoms with E-state index in [4.69, 9.17) is 4.42 Å². The number of hydrogen-bond donors (Lipinski definition) is 1. The number of carbonyl (C=O) groups excluding carboxylic acids is 1. The first-order valence-corrected chi connectivity index (χ1v) is 6.85. The largest absolute Gasteiger partial charge is 0.461 e. The smallest absolute Gasteiger partial charge is 0.246 e. The third kappa shape index (κ3) is 3.10. The van der Waals surface area contributed by atoms with Crippen molar-refractivity contribution in [3.63, 3.8) is 0 Å². The zero-order valence-electron chi connectivity index (χ0n) is 11.8. The fourth-order valence-electron chi connectivity index (χ4n) is 2.47. The van der Waals surface area contributed by atoms with Gasteiger partial charge in [0.05, 0.1) is 11.9 Å². The van der Waals surface area contributed by atoms with Crippen LogP contribution in [0.15, 0.2) is 22.8 Å². The van der Waals surface area contributed by atoms with Gasteiger partial charge in [-0.15, -0.1) is 10.2 Å². The first kappa shape index (κ1) is 13.7. The van der Waals surface area contributed by atoms with Gasteiger partial charge in [0.25, 0.3) is 0 Å². The van der Waals surface area contributed by atoms with Crippen LogP contribution in [-0.2, 0) is 11.3 Å². The first-order chi connectivity index (χ1) is 10.0. The fourth-order valence-corrected chi connectivity index (χ4v) is 2.47. The Morgan fingerprint density at radius 1 is 1.57 bits per heavy atom. The Hall–Kier alpha value is -2.22. The molecule has 1 N–H and O–H groups in total. The predicted molar refractivity (Wildman–Crippen MR) is 72.0 cm³/mol. The molecule has 0 bridgehead atoms. The number of aromatic nitrogens is 4. The molecule has 1 unspecified atom stereocenters. The van der Waals surface area contributed by atoms with E-state index in [0.29, 0.717) is 31.1 Å². The zero-order chi connectivity index (χ0) is 14.9. The molecule has 1 aliphatic rings. The van der Waals surface area contributed by atoms with Crippen LogP contribution in [-0.4, -0.2) is 54.8 Å². The summed E-state index contributed by atoms with van der Waals surface area (Å²) in [5.74, 6) is 0.728. The van der Waals surface area contributed by atoms with Gasteiger partial charge in [0.15, 0.2) is 5.76 Å². The van der Waals surface area contributed by atoms with E-state index in [1.54, 1.807) is 24.0 Å². The Morgan fingerprint density at radius 3 is 3.14 bits per heavy atom. The van der Waals surface area contributed by atoms with E-state index in [-0.39, 0.29) is 12.5 Å². The van der Waals surface area contributed by atoms with Gasteiger partial charge in [-0.05, 0) is 37.1 Å². The van der Waals surface area contributed by atoms with Gasteiger partial charge < -0.3 is 14.4 Å². The number of likely N-dealkylation sites (tertiary alicyclic amines) is 1. The lowest BCUT2D eigenvalue weighted by molar-refractivity contribution is -0.138. The third-order valence-electron chi connectivity index (χ3n) is 3.50. The number of β-amino-alcohol motifs (C(OH)–C–C–N with tert-alkyl or cyclic N) is 1. The summed E-state index contributed by atoms with van der Waals surface area (Å²) in [4.78, 5) is 15.1. The van der Waals surface area contributed by atoms with Crippen molar-refractivity contribution in [3.05, 3.63) is 18.4 Å². The van der Waals surface area contributed by atoms with Crippen molar-refractivity contribution in [2.75, 3.05) is 13.1 Å². The summed E-state index contributed by atoms with van der Waals surface area (Å²) in [5.41, 5.74) is -0.816. The van der Waals surface area contributed by atoms with Crippen LogP contribution in [0.2, 0.25) is 0 Å². The van der Waals surface area contributed by atoms with Crippen molar-refractivity contribution in [2.45, 2.75) is 31.9 Å². The molecule has 1 amide bonds. The molecular weight excluding hydrogens is 274 g/mol. The van der Waals surface area contributed by atoms with Crippen molar-refractivity contribution >= 4 is 5.91 Å². The molecular formula is C13H17N5O3. The summed E-state index contributed by atoms with van der Waals surface area (Å²) in [6, 6.07) is 3.46. The van der Waals surface area contributed by atoms with E-state index in [9.17, 15) is 9.90 Å². The molecule has 1 fully saturated rings. The van der Waals surface area contributed by atoms with Crippen LogP contribution in [0.3, 0.4) is 0 Å². The second kappa shape index (κ2) is 5.28. The highest BCUT2D eigenvalue weighted by molar-refractivity contribution is 5.76. The molecule has 8 heteroatoms. The third-order valence-corrected chi connectivity index (χ3v) is 3.50. The summed E-state index contributed by atoms with van der Waals surface area (Å²) in [6.07, 6.45) is 3.03. The number of piperidine rings is 1. The number of carbonyl (C=O) groups is 1. The van der Waals surface area contributed by atoms with E-state index in [0.717, 1.165) is 6.42 Å². The van der Waals surface area contributed by atoms with Crippen molar-refractivity contribution in [1.82, 2.24) is 25.1 Å². The minimum absolute atomic E-state index is 0.00376. The molecule has 0 aliphatic carbocycles. The highest BCUT2D eigenvalue weighted by Gasteiger charge is 2.31. The monoisotopic (exact) mass is 291 g/mol. The van der Waals surface area contributed by atoms with Crippen molar-refractivity contribution in [3.8, 4) is 11.6 Å². The van der Waals surface area contributed by atoms with Crippen LogP contribution in [0.5, 0.6) is 0 Å². The molecule has 0 aromatic carbocycles. The van der Waals surface area contributed by atoms with Gasteiger partial charge in [-0.2, -0.15) is 4.80 Å². The van der Waals surface area contributed by atoms with Gasteiger partial charge >= 0.3 is 0 Å². The maximum absolute atomic E-state index is 12.2. The molecule has 2 aromatic rings. The van der Waals surface area contributed by atoms with Crippen LogP contribution in [0.25, 0.3) is 11.6 Å². The Labute approximate surface area is 121 Å². The fraction of sp³-hybridized carbons (Fsp3) is 0.538. The maximum atomic E-state index is 12.2. The lowest BCUT2D eigenvalue weighted by Crippen LogP contribution is -2.49.